The largest absolute Gasteiger partial charge is 0.475 e. The summed E-state index contributed by atoms with van der Waals surface area (Å²) in [5.41, 5.74) is 0. The van der Waals surface area contributed by atoms with Crippen molar-refractivity contribution in [2.24, 2.45) is 0 Å². The third-order valence-corrected chi connectivity index (χ3v) is 5.44. The third kappa shape index (κ3) is 4.81. The molecule has 0 unspecified atom stereocenters. The molecule has 0 aliphatic rings. The molecule has 0 aliphatic carbocycles. The monoisotopic (exact) mass is 340 g/mol. The predicted octanol–water partition coefficient (Wildman–Crippen LogP) is -0.496. The number of carbonyl (C=O) groups is 1. The van der Waals surface area contributed by atoms with Gasteiger partial charge >= 0.3 is 5.97 Å². The average molecular weight is 340 g/mol. The second-order valence-corrected chi connectivity index (χ2v) is 7.71. The molecule has 1 aromatic rings. The molecule has 0 fully saturated rings. The maximum atomic E-state index is 12.0. The number of carboxylic acid groups (broad SMARTS) is 1. The standard InChI is InChI=1S/C10H16N2O7S2/c1-3-11-20(15,16)5-4-12-21(17,18)9-6-8(10(13)14)19-7(9)2/h6,11-12H,3-5H2,1-2H3,(H,13,14). The van der Waals surface area contributed by atoms with E-state index in [2.05, 4.69) is 9.44 Å². The Bertz CT molecular complexity index is 719. The lowest BCUT2D eigenvalue weighted by atomic mass is 10.4. The molecule has 0 bridgehead atoms. The van der Waals surface area contributed by atoms with Gasteiger partial charge in [0.1, 0.15) is 10.7 Å². The van der Waals surface area contributed by atoms with Crippen LogP contribution in [0, 0.1) is 6.92 Å². The predicted molar refractivity (Wildman–Crippen MR) is 73.1 cm³/mol. The number of hydrogen-bond acceptors (Lipinski definition) is 6. The molecule has 0 saturated carbocycles. The van der Waals surface area contributed by atoms with Gasteiger partial charge in [0.05, 0.1) is 5.75 Å². The molecule has 0 amide bonds. The Morgan fingerprint density at radius 2 is 1.90 bits per heavy atom. The van der Waals surface area contributed by atoms with Gasteiger partial charge in [-0.25, -0.2) is 31.1 Å². The zero-order valence-corrected chi connectivity index (χ0v) is 13.0. The molecule has 11 heteroatoms. The van der Waals surface area contributed by atoms with E-state index in [1.807, 2.05) is 0 Å². The Kier molecular flexibility index (Phi) is 5.50. The Hall–Kier alpha value is -1.43. The van der Waals surface area contributed by atoms with Crippen molar-refractivity contribution < 1.29 is 31.2 Å². The van der Waals surface area contributed by atoms with Gasteiger partial charge < -0.3 is 9.52 Å². The number of hydrogen-bond donors (Lipinski definition) is 3. The van der Waals surface area contributed by atoms with Crippen molar-refractivity contribution in [3.63, 3.8) is 0 Å². The van der Waals surface area contributed by atoms with Crippen molar-refractivity contribution in [3.05, 3.63) is 17.6 Å². The quantitative estimate of drug-likeness (QED) is 0.579. The summed E-state index contributed by atoms with van der Waals surface area (Å²) in [4.78, 5) is 10.4. The molecule has 3 N–H and O–H groups in total. The van der Waals surface area contributed by atoms with Gasteiger partial charge in [0.25, 0.3) is 0 Å². The Morgan fingerprint density at radius 1 is 1.29 bits per heavy atom. The second-order valence-electron chi connectivity index (χ2n) is 4.05. The highest BCUT2D eigenvalue weighted by Crippen LogP contribution is 2.19. The van der Waals surface area contributed by atoms with Crippen molar-refractivity contribution in [1.82, 2.24) is 9.44 Å². The maximum absolute atomic E-state index is 12.0. The van der Waals surface area contributed by atoms with Crippen LogP contribution in [0.2, 0.25) is 0 Å². The molecule has 0 aliphatic heterocycles. The lowest BCUT2D eigenvalue weighted by molar-refractivity contribution is 0.0661. The van der Waals surface area contributed by atoms with Crippen LogP contribution in [0.4, 0.5) is 0 Å². The minimum absolute atomic E-state index is 0.0885. The summed E-state index contributed by atoms with van der Waals surface area (Å²) in [6.45, 7) is 2.77. The van der Waals surface area contributed by atoms with E-state index in [1.165, 1.54) is 6.92 Å². The number of nitrogens with one attached hydrogen (secondary N) is 2. The number of aryl methyl sites for hydroxylation is 1. The molecule has 1 aromatic heterocycles. The zero-order valence-electron chi connectivity index (χ0n) is 11.4. The first-order chi connectivity index (χ1) is 9.59. The SMILES string of the molecule is CCNS(=O)(=O)CCNS(=O)(=O)c1cc(C(=O)O)oc1C. The van der Waals surface area contributed by atoms with E-state index in [9.17, 15) is 21.6 Å². The molecule has 0 spiro atoms. The van der Waals surface area contributed by atoms with E-state index in [0.29, 0.717) is 0 Å². The summed E-state index contributed by atoms with van der Waals surface area (Å²) in [7, 11) is -7.59. The van der Waals surface area contributed by atoms with Crippen LogP contribution in [-0.2, 0) is 20.0 Å². The molecule has 21 heavy (non-hydrogen) atoms. The highest BCUT2D eigenvalue weighted by molar-refractivity contribution is 7.90. The van der Waals surface area contributed by atoms with Crippen LogP contribution < -0.4 is 9.44 Å². The van der Waals surface area contributed by atoms with Crippen LogP contribution in [0.15, 0.2) is 15.4 Å². The Morgan fingerprint density at radius 3 is 2.38 bits per heavy atom. The van der Waals surface area contributed by atoms with Crippen molar-refractivity contribution in [2.45, 2.75) is 18.7 Å². The fraction of sp³-hybridized carbons (Fsp3) is 0.500. The summed E-state index contributed by atoms with van der Waals surface area (Å²) in [6, 6.07) is 0.874. The summed E-state index contributed by atoms with van der Waals surface area (Å²) in [5.74, 6) is -2.42. The Balaban J connectivity index is 2.81. The summed E-state index contributed by atoms with van der Waals surface area (Å²) >= 11 is 0. The van der Waals surface area contributed by atoms with Crippen LogP contribution in [-0.4, -0.2) is 46.8 Å². The summed E-state index contributed by atoms with van der Waals surface area (Å²) in [6.07, 6.45) is 0. The van der Waals surface area contributed by atoms with E-state index in [0.717, 1.165) is 6.07 Å². The van der Waals surface area contributed by atoms with Crippen LogP contribution in [0.3, 0.4) is 0 Å². The Labute approximate surface area is 122 Å². The number of sulfonamides is 2. The van der Waals surface area contributed by atoms with Gasteiger partial charge in [-0.15, -0.1) is 0 Å². The van der Waals surface area contributed by atoms with E-state index in [1.54, 1.807) is 6.92 Å². The third-order valence-electron chi connectivity index (χ3n) is 2.40. The molecule has 0 radical (unpaired) electrons. The van der Waals surface area contributed by atoms with Crippen molar-refractivity contribution >= 4 is 26.0 Å². The molecule has 9 nitrogen and oxygen atoms in total. The maximum Gasteiger partial charge on any atom is 0.371 e. The molecule has 0 atom stereocenters. The lowest BCUT2D eigenvalue weighted by Crippen LogP contribution is -2.34. The average Bonchev–Trinajstić information content (AvgIpc) is 2.71. The number of aromatic carboxylic acids is 1. The topological polar surface area (TPSA) is 143 Å². The van der Waals surface area contributed by atoms with E-state index in [4.69, 9.17) is 9.52 Å². The van der Waals surface area contributed by atoms with Crippen LogP contribution >= 0.6 is 0 Å². The summed E-state index contributed by atoms with van der Waals surface area (Å²) < 4.78 is 55.8. The summed E-state index contributed by atoms with van der Waals surface area (Å²) in [5, 5.41) is 8.73. The van der Waals surface area contributed by atoms with E-state index < -0.39 is 37.5 Å². The van der Waals surface area contributed by atoms with E-state index in [-0.39, 0.29) is 23.7 Å². The first kappa shape index (κ1) is 17.6. The fourth-order valence-electron chi connectivity index (χ4n) is 1.52. The van der Waals surface area contributed by atoms with Gasteiger partial charge in [0, 0.05) is 19.2 Å². The van der Waals surface area contributed by atoms with E-state index >= 15 is 0 Å². The highest BCUT2D eigenvalue weighted by Gasteiger charge is 2.24. The zero-order chi connectivity index (χ0) is 16.3. The molecule has 0 saturated heterocycles. The first-order valence-electron chi connectivity index (χ1n) is 5.90. The van der Waals surface area contributed by atoms with Gasteiger partial charge in [-0.05, 0) is 6.92 Å². The van der Waals surface area contributed by atoms with Crippen molar-refractivity contribution in [2.75, 3.05) is 18.8 Å². The van der Waals surface area contributed by atoms with Crippen molar-refractivity contribution in [3.8, 4) is 0 Å². The minimum Gasteiger partial charge on any atom is -0.475 e. The molecular formula is C10H16N2O7S2. The van der Waals surface area contributed by atoms with Crippen molar-refractivity contribution in [1.29, 1.82) is 0 Å². The van der Waals surface area contributed by atoms with Crippen LogP contribution in [0.5, 0.6) is 0 Å². The van der Waals surface area contributed by atoms with Gasteiger partial charge in [-0.2, -0.15) is 0 Å². The van der Waals surface area contributed by atoms with Gasteiger partial charge in [0.2, 0.25) is 25.8 Å². The lowest BCUT2D eigenvalue weighted by Gasteiger charge is -2.06. The molecular weight excluding hydrogens is 324 g/mol. The molecule has 1 rings (SSSR count). The molecule has 1 heterocycles. The second kappa shape index (κ2) is 6.56. The van der Waals surface area contributed by atoms with Gasteiger partial charge in [0.15, 0.2) is 0 Å². The number of furan rings is 1. The molecule has 120 valence electrons. The highest BCUT2D eigenvalue weighted by atomic mass is 32.2. The van der Waals surface area contributed by atoms with Crippen LogP contribution in [0.25, 0.3) is 0 Å². The number of rotatable bonds is 8. The first-order valence-corrected chi connectivity index (χ1v) is 9.03. The molecule has 0 aromatic carbocycles. The van der Waals surface area contributed by atoms with Gasteiger partial charge in [-0.1, -0.05) is 6.92 Å². The fourth-order valence-corrected chi connectivity index (χ4v) is 3.81. The normalized spacial score (nSPS) is 12.5. The minimum atomic E-state index is -4.04. The number of carboxylic acids is 1. The van der Waals surface area contributed by atoms with Gasteiger partial charge in [-0.3, -0.25) is 0 Å². The van der Waals surface area contributed by atoms with Crippen LogP contribution in [0.1, 0.15) is 23.2 Å². The smallest absolute Gasteiger partial charge is 0.371 e.